The second kappa shape index (κ2) is 7.89. The summed E-state index contributed by atoms with van der Waals surface area (Å²) in [6.45, 7) is 0. The van der Waals surface area contributed by atoms with Gasteiger partial charge in [-0.2, -0.15) is 0 Å². The molecule has 2 aliphatic carbocycles. The third-order valence-electron chi connectivity index (χ3n) is 5.86. The Morgan fingerprint density at radius 3 is 2.34 bits per heavy atom. The molecular weight excluding hydrogens is 477 g/mol. The van der Waals surface area contributed by atoms with Gasteiger partial charge in [-0.25, -0.2) is 0 Å². The second-order valence-corrected chi connectivity index (χ2v) is 11.3. The van der Waals surface area contributed by atoms with E-state index >= 15 is 0 Å². The van der Waals surface area contributed by atoms with Crippen LogP contribution in [0.2, 0.25) is 0 Å². The van der Waals surface area contributed by atoms with Crippen LogP contribution in [0.25, 0.3) is 22.4 Å². The Morgan fingerprint density at radius 2 is 1.69 bits per heavy atom. The fraction of sp³-hybridized carbons (Fsp3) is 0.348. The van der Waals surface area contributed by atoms with Gasteiger partial charge in [-0.1, -0.05) is 0 Å². The van der Waals surface area contributed by atoms with E-state index < -0.39 is 21.2 Å². The molecule has 1 heterocycles. The molecule has 5 rings (SSSR count). The van der Waals surface area contributed by atoms with Crippen LogP contribution < -0.4 is 26.5 Å². The SMILES string of the molecule is O=C(NC1CCC1)c1ccc(-c2nc3ccc(C(=O)[I-]C4CCC4)cc3[nH]2)cc1. The third-order valence-corrected chi connectivity index (χ3v) is 9.17. The second-order valence-electron chi connectivity index (χ2n) is 7.91. The van der Waals surface area contributed by atoms with Gasteiger partial charge in [0.2, 0.25) is 0 Å². The maximum atomic E-state index is 12.5. The number of amides is 1. The zero-order valence-electron chi connectivity index (χ0n) is 16.1. The number of nitrogens with zero attached hydrogens (tertiary/aromatic N) is 1. The molecule has 3 aromatic rings. The molecule has 2 aliphatic rings. The molecule has 5 nitrogen and oxygen atoms in total. The van der Waals surface area contributed by atoms with Crippen LogP contribution in [0.5, 0.6) is 0 Å². The van der Waals surface area contributed by atoms with E-state index in [1.165, 1.54) is 25.7 Å². The summed E-state index contributed by atoms with van der Waals surface area (Å²) < 4.78 is 1.00. The first-order chi connectivity index (χ1) is 14.2. The van der Waals surface area contributed by atoms with Gasteiger partial charge >= 0.3 is 155 Å². The molecule has 0 atom stereocenters. The summed E-state index contributed by atoms with van der Waals surface area (Å²) in [5, 5.41) is 3.06. The monoisotopic (exact) mass is 500 g/mol. The van der Waals surface area contributed by atoms with Crippen molar-refractivity contribution >= 4 is 20.7 Å². The van der Waals surface area contributed by atoms with Crippen molar-refractivity contribution in [2.75, 3.05) is 0 Å². The Kier molecular flexibility index (Phi) is 5.11. The number of benzene rings is 2. The van der Waals surface area contributed by atoms with E-state index in [9.17, 15) is 9.59 Å². The number of fused-ring (bicyclic) bond motifs is 1. The number of aromatic amines is 1. The van der Waals surface area contributed by atoms with E-state index in [1.807, 2.05) is 42.5 Å². The van der Waals surface area contributed by atoms with Gasteiger partial charge < -0.3 is 0 Å². The van der Waals surface area contributed by atoms with Gasteiger partial charge in [-0.15, -0.1) is 0 Å². The average Bonchev–Trinajstić information content (AvgIpc) is 3.10. The summed E-state index contributed by atoms with van der Waals surface area (Å²) in [6, 6.07) is 13.6. The molecular formula is C23H23IN3O2-. The fourth-order valence-corrected chi connectivity index (χ4v) is 6.54. The molecule has 2 aromatic carbocycles. The maximum absolute atomic E-state index is 12.5. The summed E-state index contributed by atoms with van der Waals surface area (Å²) in [7, 11) is 0. The first-order valence-electron chi connectivity index (χ1n) is 10.2. The van der Waals surface area contributed by atoms with Crippen molar-refractivity contribution in [1.82, 2.24) is 15.3 Å². The summed E-state index contributed by atoms with van der Waals surface area (Å²) in [5.74, 6) is 0.744. The Bertz CT molecular complexity index is 1070. The van der Waals surface area contributed by atoms with Crippen LogP contribution in [0.3, 0.4) is 0 Å². The molecule has 2 saturated carbocycles. The van der Waals surface area contributed by atoms with Crippen LogP contribution in [-0.2, 0) is 0 Å². The Morgan fingerprint density at radius 1 is 0.966 bits per heavy atom. The molecule has 2 fully saturated rings. The molecule has 150 valence electrons. The molecule has 0 saturated heterocycles. The van der Waals surface area contributed by atoms with Gasteiger partial charge in [-0.05, 0) is 19.3 Å². The van der Waals surface area contributed by atoms with Crippen LogP contribution in [0, 0.1) is 0 Å². The standard InChI is InChI=1S/C23H23IN3O2/c28-21(24-17-3-1-4-17)16-11-12-19-20(13-16)27-22(26-19)14-7-9-15(10-8-14)23(29)25-18-5-2-6-18/h7-13,17-18H,1-6H2,(H,25,29)(H,26,27)/q-1. The fourth-order valence-electron chi connectivity index (χ4n) is 3.54. The minimum absolute atomic E-state index is 0.0104. The molecule has 0 radical (unpaired) electrons. The van der Waals surface area contributed by atoms with Crippen molar-refractivity contribution in [2.45, 2.75) is 48.5 Å². The molecule has 6 heteroatoms. The van der Waals surface area contributed by atoms with Crippen LogP contribution in [0.1, 0.15) is 59.2 Å². The predicted octanol–water partition coefficient (Wildman–Crippen LogP) is 1.29. The van der Waals surface area contributed by atoms with Crippen LogP contribution in [0.15, 0.2) is 42.5 Å². The zero-order valence-corrected chi connectivity index (χ0v) is 18.2. The predicted molar refractivity (Wildman–Crippen MR) is 109 cm³/mol. The van der Waals surface area contributed by atoms with Gasteiger partial charge in [0.25, 0.3) is 0 Å². The number of hydrogen-bond acceptors (Lipinski definition) is 3. The van der Waals surface area contributed by atoms with Crippen molar-refractivity contribution in [3.05, 3.63) is 53.6 Å². The normalized spacial score (nSPS) is 17.1. The van der Waals surface area contributed by atoms with Crippen molar-refractivity contribution in [1.29, 1.82) is 0 Å². The average molecular weight is 500 g/mol. The molecule has 0 bridgehead atoms. The molecule has 1 aromatic heterocycles. The molecule has 0 aliphatic heterocycles. The number of carbonyl (C=O) groups excluding carboxylic acids is 2. The first kappa shape index (κ1) is 18.8. The first-order valence-corrected chi connectivity index (χ1v) is 12.6. The number of aromatic nitrogens is 2. The third kappa shape index (κ3) is 3.95. The topological polar surface area (TPSA) is 74.8 Å². The van der Waals surface area contributed by atoms with Crippen molar-refractivity contribution < 1.29 is 30.8 Å². The number of nitrogens with one attached hydrogen (secondary N) is 2. The van der Waals surface area contributed by atoms with Crippen molar-refractivity contribution in [2.24, 2.45) is 0 Å². The number of halogens is 1. The Hall–Kier alpha value is -2.22. The summed E-state index contributed by atoms with van der Waals surface area (Å²) >= 11 is -0.412. The molecule has 0 spiro atoms. The number of alkyl halides is 1. The van der Waals surface area contributed by atoms with E-state index in [2.05, 4.69) is 15.3 Å². The van der Waals surface area contributed by atoms with E-state index in [0.717, 1.165) is 40.8 Å². The summed E-state index contributed by atoms with van der Waals surface area (Å²) in [5.41, 5.74) is 4.14. The number of imidazole rings is 1. The van der Waals surface area contributed by atoms with Crippen LogP contribution in [-0.4, -0.2) is 29.6 Å². The van der Waals surface area contributed by atoms with Crippen molar-refractivity contribution in [3.63, 3.8) is 0 Å². The van der Waals surface area contributed by atoms with Crippen LogP contribution >= 0.6 is 0 Å². The number of carbonyl (C=O) groups is 2. The number of hydrogen-bond donors (Lipinski definition) is 2. The van der Waals surface area contributed by atoms with Gasteiger partial charge in [-0.3, -0.25) is 0 Å². The van der Waals surface area contributed by atoms with E-state index in [0.29, 0.717) is 19.3 Å². The van der Waals surface area contributed by atoms with E-state index in [4.69, 9.17) is 0 Å². The summed E-state index contributed by atoms with van der Waals surface area (Å²) in [4.78, 5) is 32.8. The van der Waals surface area contributed by atoms with E-state index in [-0.39, 0.29) is 5.91 Å². The molecule has 2 N–H and O–H groups in total. The zero-order chi connectivity index (χ0) is 19.8. The Labute approximate surface area is 179 Å². The summed E-state index contributed by atoms with van der Waals surface area (Å²) in [6.07, 6.45) is 7.09. The Balaban J connectivity index is 1.33. The van der Waals surface area contributed by atoms with Gasteiger partial charge in [0.05, 0.1) is 0 Å². The van der Waals surface area contributed by atoms with Gasteiger partial charge in [0, 0.05) is 6.04 Å². The van der Waals surface area contributed by atoms with Gasteiger partial charge in [0.15, 0.2) is 0 Å². The van der Waals surface area contributed by atoms with Crippen LogP contribution in [0.4, 0.5) is 0 Å². The van der Waals surface area contributed by atoms with Crippen molar-refractivity contribution in [3.8, 4) is 11.4 Å². The quantitative estimate of drug-likeness (QED) is 0.305. The van der Waals surface area contributed by atoms with E-state index in [1.54, 1.807) is 0 Å². The minimum atomic E-state index is -0.412. The van der Waals surface area contributed by atoms with Gasteiger partial charge in [0.1, 0.15) is 0 Å². The number of H-pyrrole nitrogens is 1. The molecule has 0 unspecified atom stereocenters. The molecule has 29 heavy (non-hydrogen) atoms. The molecule has 1 amide bonds. The number of rotatable bonds is 6.